The molecule has 2 aromatic carbocycles. The van der Waals surface area contributed by atoms with Gasteiger partial charge in [-0.1, -0.05) is 0 Å². The van der Waals surface area contributed by atoms with E-state index in [1.54, 1.807) is 23.1 Å². The largest absolute Gasteiger partial charge is 0.389 e. The molecule has 26 heavy (non-hydrogen) atoms. The van der Waals surface area contributed by atoms with Gasteiger partial charge in [-0.3, -0.25) is 4.79 Å². The van der Waals surface area contributed by atoms with Crippen molar-refractivity contribution in [3.8, 4) is 11.3 Å². The van der Waals surface area contributed by atoms with E-state index in [1.165, 1.54) is 24.3 Å². The Hall–Kier alpha value is -2.73. The second kappa shape index (κ2) is 6.53. The maximum absolute atomic E-state index is 13.7. The summed E-state index contributed by atoms with van der Waals surface area (Å²) in [5, 5.41) is 10.1. The Kier molecular flexibility index (Phi) is 4.20. The number of H-pyrrole nitrogens is 1. The number of halogens is 2. The molecule has 2 N–H and O–H groups in total. The van der Waals surface area contributed by atoms with Gasteiger partial charge < -0.3 is 15.0 Å². The van der Waals surface area contributed by atoms with Crippen LogP contribution in [0.2, 0.25) is 0 Å². The molecule has 1 aliphatic rings. The molecule has 1 aliphatic heterocycles. The second-order valence-electron chi connectivity index (χ2n) is 6.63. The van der Waals surface area contributed by atoms with E-state index >= 15 is 0 Å². The van der Waals surface area contributed by atoms with Gasteiger partial charge in [-0.25, -0.2) is 8.78 Å². The van der Waals surface area contributed by atoms with Crippen molar-refractivity contribution in [3.05, 3.63) is 59.7 Å². The van der Waals surface area contributed by atoms with E-state index in [4.69, 9.17) is 0 Å². The topological polar surface area (TPSA) is 56.3 Å². The number of fused-ring (bicyclic) bond motifs is 1. The van der Waals surface area contributed by atoms with Crippen LogP contribution < -0.4 is 0 Å². The molecular formula is C20H18F2N2O2. The molecule has 6 heteroatoms. The van der Waals surface area contributed by atoms with E-state index in [0.717, 1.165) is 27.7 Å². The first-order valence-electron chi connectivity index (χ1n) is 8.53. The number of aromatic nitrogens is 1. The van der Waals surface area contributed by atoms with Crippen LogP contribution in [0.5, 0.6) is 0 Å². The summed E-state index contributed by atoms with van der Waals surface area (Å²) >= 11 is 0. The number of amides is 1. The molecule has 0 bridgehead atoms. The van der Waals surface area contributed by atoms with E-state index in [1.807, 2.05) is 0 Å². The van der Waals surface area contributed by atoms with Crippen molar-refractivity contribution in [1.82, 2.24) is 9.88 Å². The minimum Gasteiger partial charge on any atom is -0.389 e. The van der Waals surface area contributed by atoms with Crippen LogP contribution >= 0.6 is 0 Å². The predicted octanol–water partition coefficient (Wildman–Crippen LogP) is 3.25. The smallest absolute Gasteiger partial charge is 0.223 e. The molecule has 1 amide bonds. The molecule has 4 rings (SSSR count). The van der Waals surface area contributed by atoms with Gasteiger partial charge in [0.25, 0.3) is 0 Å². The summed E-state index contributed by atoms with van der Waals surface area (Å²) in [6, 6.07) is 10.6. The van der Waals surface area contributed by atoms with Gasteiger partial charge >= 0.3 is 0 Å². The Morgan fingerprint density at radius 1 is 1.12 bits per heavy atom. The molecule has 3 aromatic rings. The number of aryl methyl sites for hydroxylation is 1. The zero-order valence-electron chi connectivity index (χ0n) is 14.0. The van der Waals surface area contributed by atoms with Crippen molar-refractivity contribution in [1.29, 1.82) is 0 Å². The molecule has 1 aromatic heterocycles. The zero-order chi connectivity index (χ0) is 18.3. The quantitative estimate of drug-likeness (QED) is 0.754. The van der Waals surface area contributed by atoms with Crippen LogP contribution in [0.1, 0.15) is 12.0 Å². The maximum Gasteiger partial charge on any atom is 0.223 e. The zero-order valence-corrected chi connectivity index (χ0v) is 14.0. The van der Waals surface area contributed by atoms with Crippen molar-refractivity contribution >= 4 is 16.8 Å². The van der Waals surface area contributed by atoms with Gasteiger partial charge in [0.05, 0.1) is 6.10 Å². The van der Waals surface area contributed by atoms with Crippen molar-refractivity contribution in [2.45, 2.75) is 18.9 Å². The summed E-state index contributed by atoms with van der Waals surface area (Å²) in [5.74, 6) is -0.712. The molecule has 0 unspecified atom stereocenters. The van der Waals surface area contributed by atoms with Gasteiger partial charge in [-0.05, 0) is 60.0 Å². The van der Waals surface area contributed by atoms with Crippen LogP contribution in [-0.2, 0) is 11.2 Å². The normalized spacial score (nSPS) is 14.7. The number of nitrogens with zero attached hydrogens (tertiary/aromatic N) is 1. The van der Waals surface area contributed by atoms with E-state index in [0.29, 0.717) is 19.5 Å². The first-order valence-corrected chi connectivity index (χ1v) is 8.53. The van der Waals surface area contributed by atoms with Crippen LogP contribution in [0.4, 0.5) is 8.78 Å². The minimum atomic E-state index is -0.434. The van der Waals surface area contributed by atoms with Gasteiger partial charge in [-0.15, -0.1) is 0 Å². The average molecular weight is 356 g/mol. The summed E-state index contributed by atoms with van der Waals surface area (Å²) in [7, 11) is 0. The van der Waals surface area contributed by atoms with E-state index in [2.05, 4.69) is 4.98 Å². The summed E-state index contributed by atoms with van der Waals surface area (Å²) < 4.78 is 27.0. The third-order valence-corrected chi connectivity index (χ3v) is 4.80. The van der Waals surface area contributed by atoms with Gasteiger partial charge in [-0.2, -0.15) is 0 Å². The summed E-state index contributed by atoms with van der Waals surface area (Å²) in [6.45, 7) is 0.734. The highest BCUT2D eigenvalue weighted by molar-refractivity contribution is 5.91. The van der Waals surface area contributed by atoms with E-state index in [9.17, 15) is 18.7 Å². The Labute approximate surface area is 149 Å². The number of hydrogen-bond donors (Lipinski definition) is 2. The number of β-amino-alcohol motifs (C(OH)–C–C–N with tert-alkyl or cyclic N) is 1. The van der Waals surface area contributed by atoms with Gasteiger partial charge in [0.1, 0.15) is 11.6 Å². The van der Waals surface area contributed by atoms with Crippen molar-refractivity contribution in [3.63, 3.8) is 0 Å². The van der Waals surface area contributed by atoms with Crippen LogP contribution in [0.25, 0.3) is 22.2 Å². The molecule has 0 spiro atoms. The third kappa shape index (κ3) is 3.08. The molecule has 0 aliphatic carbocycles. The van der Waals surface area contributed by atoms with Crippen LogP contribution in [0.3, 0.4) is 0 Å². The Morgan fingerprint density at radius 2 is 1.81 bits per heavy atom. The van der Waals surface area contributed by atoms with Crippen LogP contribution in [0.15, 0.2) is 42.5 Å². The van der Waals surface area contributed by atoms with E-state index in [-0.39, 0.29) is 24.0 Å². The highest BCUT2D eigenvalue weighted by Gasteiger charge is 2.28. The molecule has 0 atom stereocenters. The van der Waals surface area contributed by atoms with Gasteiger partial charge in [0.15, 0.2) is 0 Å². The van der Waals surface area contributed by atoms with Crippen LogP contribution in [0, 0.1) is 11.6 Å². The number of aliphatic hydroxyl groups excluding tert-OH is 1. The lowest BCUT2D eigenvalue weighted by Gasteiger charge is -2.35. The molecule has 0 saturated carbocycles. The SMILES string of the molecule is O=C(CCc1c(-c2ccc(F)cc2)[nH]c2ccc(F)cc12)N1CC(O)C1. The molecule has 1 saturated heterocycles. The van der Waals surface area contributed by atoms with Gasteiger partial charge in [0, 0.05) is 36.1 Å². The molecule has 0 radical (unpaired) electrons. The first-order chi connectivity index (χ1) is 12.5. The number of carbonyl (C=O) groups excluding carboxylic acids is 1. The maximum atomic E-state index is 13.7. The fraction of sp³-hybridized carbons (Fsp3) is 0.250. The number of nitrogens with one attached hydrogen (secondary N) is 1. The first kappa shape index (κ1) is 16.7. The van der Waals surface area contributed by atoms with E-state index < -0.39 is 6.10 Å². The number of carbonyl (C=O) groups is 1. The summed E-state index contributed by atoms with van der Waals surface area (Å²) in [4.78, 5) is 17.1. The number of likely N-dealkylation sites (tertiary alicyclic amines) is 1. The summed E-state index contributed by atoms with van der Waals surface area (Å²) in [6.07, 6.45) is 0.266. The second-order valence-corrected chi connectivity index (χ2v) is 6.63. The Morgan fingerprint density at radius 3 is 2.50 bits per heavy atom. The molecule has 1 fully saturated rings. The highest BCUT2D eigenvalue weighted by atomic mass is 19.1. The molecular weight excluding hydrogens is 338 g/mol. The lowest BCUT2D eigenvalue weighted by Crippen LogP contribution is -2.53. The van der Waals surface area contributed by atoms with Crippen molar-refractivity contribution < 1.29 is 18.7 Å². The van der Waals surface area contributed by atoms with Gasteiger partial charge in [0.2, 0.25) is 5.91 Å². The number of aliphatic hydroxyl groups is 1. The van der Waals surface area contributed by atoms with Crippen molar-refractivity contribution in [2.24, 2.45) is 0 Å². The number of hydrogen-bond acceptors (Lipinski definition) is 2. The number of aromatic amines is 1. The minimum absolute atomic E-state index is 0.0360. The molecule has 2 heterocycles. The standard InChI is InChI=1S/C20H18F2N2O2/c21-13-3-1-12(2-4-13)20-16(6-8-19(26)24-10-15(25)11-24)17-9-14(22)5-7-18(17)23-20/h1-5,7,9,15,23,25H,6,8,10-11H2. The lowest BCUT2D eigenvalue weighted by molar-refractivity contribution is -0.141. The monoisotopic (exact) mass is 356 g/mol. The highest BCUT2D eigenvalue weighted by Crippen LogP contribution is 2.32. The fourth-order valence-corrected chi connectivity index (χ4v) is 3.39. The summed E-state index contributed by atoms with van der Waals surface area (Å²) in [5.41, 5.74) is 3.15. The predicted molar refractivity (Wildman–Crippen MR) is 94.6 cm³/mol. The molecule has 4 nitrogen and oxygen atoms in total. The third-order valence-electron chi connectivity index (χ3n) is 4.80. The molecule has 134 valence electrons. The fourth-order valence-electron chi connectivity index (χ4n) is 3.39. The van der Waals surface area contributed by atoms with Crippen molar-refractivity contribution in [2.75, 3.05) is 13.1 Å². The number of benzene rings is 2. The Bertz CT molecular complexity index is 960. The Balaban J connectivity index is 1.68. The average Bonchev–Trinajstić information content (AvgIpc) is 2.95. The number of rotatable bonds is 4. The van der Waals surface area contributed by atoms with Crippen LogP contribution in [-0.4, -0.2) is 40.1 Å². The lowest BCUT2D eigenvalue weighted by atomic mass is 10.00.